The molecule has 1 aromatic carbocycles. The molecule has 96 valence electrons. The van der Waals surface area contributed by atoms with Gasteiger partial charge in [0.1, 0.15) is 5.75 Å². The second-order valence-corrected chi connectivity index (χ2v) is 6.17. The van der Waals surface area contributed by atoms with Gasteiger partial charge in [0.2, 0.25) is 0 Å². The van der Waals surface area contributed by atoms with Gasteiger partial charge in [-0.15, -0.1) is 0 Å². The third kappa shape index (κ3) is 5.58. The summed E-state index contributed by atoms with van der Waals surface area (Å²) in [6.07, 6.45) is 3.58. The smallest absolute Gasteiger partial charge is 0.119 e. The zero-order valence-electron chi connectivity index (χ0n) is 11.1. The first-order valence-electron chi connectivity index (χ1n) is 6.33. The molecule has 0 fully saturated rings. The van der Waals surface area contributed by atoms with E-state index in [1.165, 1.54) is 18.4 Å². The van der Waals surface area contributed by atoms with E-state index in [-0.39, 0.29) is 5.41 Å². The van der Waals surface area contributed by atoms with Gasteiger partial charge in [0.05, 0.1) is 6.61 Å². The maximum Gasteiger partial charge on any atom is 0.119 e. The average Bonchev–Trinajstić information content (AvgIpc) is 2.28. The van der Waals surface area contributed by atoms with E-state index in [4.69, 9.17) is 4.74 Å². The average molecular weight is 299 g/mol. The SMILES string of the molecule is CC(C)(C)c1cccc(OCCCCCBr)c1. The summed E-state index contributed by atoms with van der Waals surface area (Å²) in [5.74, 6) is 0.997. The lowest BCUT2D eigenvalue weighted by Gasteiger charge is -2.19. The lowest BCUT2D eigenvalue weighted by molar-refractivity contribution is 0.305. The molecule has 0 unspecified atom stereocenters. The minimum atomic E-state index is 0.190. The molecule has 0 aliphatic carbocycles. The minimum absolute atomic E-state index is 0.190. The summed E-state index contributed by atoms with van der Waals surface area (Å²) in [4.78, 5) is 0. The van der Waals surface area contributed by atoms with E-state index >= 15 is 0 Å². The summed E-state index contributed by atoms with van der Waals surface area (Å²) in [7, 11) is 0. The molecular formula is C15H23BrO. The third-order valence-corrected chi connectivity index (χ3v) is 3.31. The van der Waals surface area contributed by atoms with Crippen LogP contribution < -0.4 is 4.74 Å². The van der Waals surface area contributed by atoms with E-state index in [1.807, 2.05) is 6.07 Å². The van der Waals surface area contributed by atoms with E-state index in [1.54, 1.807) is 0 Å². The molecule has 1 rings (SSSR count). The lowest BCUT2D eigenvalue weighted by atomic mass is 9.87. The van der Waals surface area contributed by atoms with Gasteiger partial charge >= 0.3 is 0 Å². The van der Waals surface area contributed by atoms with Crippen molar-refractivity contribution >= 4 is 15.9 Å². The summed E-state index contributed by atoms with van der Waals surface area (Å²) >= 11 is 3.44. The fourth-order valence-corrected chi connectivity index (χ4v) is 2.01. The van der Waals surface area contributed by atoms with Crippen molar-refractivity contribution in [2.24, 2.45) is 0 Å². The van der Waals surface area contributed by atoms with Crippen molar-refractivity contribution in [1.29, 1.82) is 0 Å². The van der Waals surface area contributed by atoms with E-state index in [9.17, 15) is 0 Å². The van der Waals surface area contributed by atoms with Crippen LogP contribution in [-0.2, 0) is 5.41 Å². The Kier molecular flexibility index (Phi) is 6.04. The quantitative estimate of drug-likeness (QED) is 0.534. The topological polar surface area (TPSA) is 9.23 Å². The monoisotopic (exact) mass is 298 g/mol. The Morgan fingerprint density at radius 3 is 2.53 bits per heavy atom. The number of rotatable bonds is 6. The van der Waals surface area contributed by atoms with Gasteiger partial charge in [-0.25, -0.2) is 0 Å². The normalized spacial score (nSPS) is 11.5. The van der Waals surface area contributed by atoms with Crippen LogP contribution in [0.1, 0.15) is 45.6 Å². The maximum atomic E-state index is 5.77. The second kappa shape index (κ2) is 7.05. The van der Waals surface area contributed by atoms with Crippen LogP contribution in [-0.4, -0.2) is 11.9 Å². The van der Waals surface area contributed by atoms with Crippen LogP contribution in [0.15, 0.2) is 24.3 Å². The Hall–Kier alpha value is -0.500. The number of ether oxygens (including phenoxy) is 1. The Balaban J connectivity index is 2.44. The predicted molar refractivity (Wildman–Crippen MR) is 78.3 cm³/mol. The molecule has 0 spiro atoms. The van der Waals surface area contributed by atoms with Crippen LogP contribution in [0.3, 0.4) is 0 Å². The summed E-state index contributed by atoms with van der Waals surface area (Å²) in [6.45, 7) is 7.49. The highest BCUT2D eigenvalue weighted by Gasteiger charge is 2.13. The Labute approximate surface area is 114 Å². The summed E-state index contributed by atoms with van der Waals surface area (Å²) in [5.41, 5.74) is 1.52. The molecule has 0 saturated heterocycles. The number of hydrogen-bond acceptors (Lipinski definition) is 1. The zero-order valence-corrected chi connectivity index (χ0v) is 12.7. The highest BCUT2D eigenvalue weighted by Crippen LogP contribution is 2.25. The van der Waals surface area contributed by atoms with Gasteiger partial charge in [-0.3, -0.25) is 0 Å². The molecule has 1 aromatic rings. The Morgan fingerprint density at radius 1 is 1.12 bits per heavy atom. The van der Waals surface area contributed by atoms with Crippen LogP contribution in [0.4, 0.5) is 0 Å². The van der Waals surface area contributed by atoms with Crippen molar-refractivity contribution in [2.75, 3.05) is 11.9 Å². The van der Waals surface area contributed by atoms with Crippen molar-refractivity contribution in [3.63, 3.8) is 0 Å². The fourth-order valence-electron chi connectivity index (χ4n) is 1.62. The van der Waals surface area contributed by atoms with Crippen LogP contribution in [0.2, 0.25) is 0 Å². The van der Waals surface area contributed by atoms with E-state index in [0.29, 0.717) is 0 Å². The number of hydrogen-bond donors (Lipinski definition) is 0. The van der Waals surface area contributed by atoms with Crippen molar-refractivity contribution in [1.82, 2.24) is 0 Å². The minimum Gasteiger partial charge on any atom is -0.494 e. The second-order valence-electron chi connectivity index (χ2n) is 5.38. The van der Waals surface area contributed by atoms with E-state index in [2.05, 4.69) is 54.9 Å². The van der Waals surface area contributed by atoms with Gasteiger partial charge in [-0.05, 0) is 42.4 Å². The summed E-state index contributed by atoms with van der Waals surface area (Å²) in [5, 5.41) is 1.09. The van der Waals surface area contributed by atoms with Gasteiger partial charge in [0, 0.05) is 5.33 Å². The number of halogens is 1. The molecule has 0 radical (unpaired) electrons. The lowest BCUT2D eigenvalue weighted by Crippen LogP contribution is -2.11. The highest BCUT2D eigenvalue weighted by atomic mass is 79.9. The molecule has 0 bridgehead atoms. The van der Waals surface area contributed by atoms with Crippen LogP contribution in [0.25, 0.3) is 0 Å². The molecule has 0 N–H and O–H groups in total. The first kappa shape index (κ1) is 14.6. The standard InChI is InChI=1S/C15H23BrO/c1-15(2,3)13-8-7-9-14(12-13)17-11-6-4-5-10-16/h7-9,12H,4-6,10-11H2,1-3H3. The Bertz CT molecular complexity index is 328. The summed E-state index contributed by atoms with van der Waals surface area (Å²) < 4.78 is 5.77. The van der Waals surface area contributed by atoms with Gasteiger partial charge < -0.3 is 4.74 Å². The number of benzene rings is 1. The number of unbranched alkanes of at least 4 members (excludes halogenated alkanes) is 2. The fraction of sp³-hybridized carbons (Fsp3) is 0.600. The Morgan fingerprint density at radius 2 is 1.88 bits per heavy atom. The number of alkyl halides is 1. The van der Waals surface area contributed by atoms with Crippen molar-refractivity contribution < 1.29 is 4.74 Å². The maximum absolute atomic E-state index is 5.77. The molecule has 1 nitrogen and oxygen atoms in total. The molecule has 17 heavy (non-hydrogen) atoms. The molecule has 0 saturated carbocycles. The highest BCUT2D eigenvalue weighted by molar-refractivity contribution is 9.09. The van der Waals surface area contributed by atoms with E-state index in [0.717, 1.165) is 24.1 Å². The molecular weight excluding hydrogens is 276 g/mol. The van der Waals surface area contributed by atoms with Crippen molar-refractivity contribution in [2.45, 2.75) is 45.4 Å². The van der Waals surface area contributed by atoms with Crippen LogP contribution >= 0.6 is 15.9 Å². The van der Waals surface area contributed by atoms with Crippen LogP contribution in [0, 0.1) is 0 Å². The molecule has 0 heterocycles. The third-order valence-electron chi connectivity index (χ3n) is 2.75. The molecule has 0 aromatic heterocycles. The molecule has 0 atom stereocenters. The van der Waals surface area contributed by atoms with Gasteiger partial charge in [0.15, 0.2) is 0 Å². The first-order valence-corrected chi connectivity index (χ1v) is 7.45. The molecule has 0 aliphatic heterocycles. The first-order chi connectivity index (χ1) is 8.04. The van der Waals surface area contributed by atoms with Crippen molar-refractivity contribution in [3.8, 4) is 5.75 Å². The van der Waals surface area contributed by atoms with Gasteiger partial charge in [-0.2, -0.15) is 0 Å². The molecule has 0 aliphatic rings. The van der Waals surface area contributed by atoms with Gasteiger partial charge in [0.25, 0.3) is 0 Å². The van der Waals surface area contributed by atoms with Crippen LogP contribution in [0.5, 0.6) is 5.75 Å². The van der Waals surface area contributed by atoms with Gasteiger partial charge in [-0.1, -0.05) is 48.8 Å². The predicted octanol–water partition coefficient (Wildman–Crippen LogP) is 4.93. The molecule has 0 amide bonds. The largest absolute Gasteiger partial charge is 0.494 e. The summed E-state index contributed by atoms with van der Waals surface area (Å²) in [6, 6.07) is 8.44. The molecule has 2 heteroatoms. The zero-order chi connectivity index (χ0) is 12.7. The van der Waals surface area contributed by atoms with Crippen molar-refractivity contribution in [3.05, 3.63) is 29.8 Å². The van der Waals surface area contributed by atoms with E-state index < -0.39 is 0 Å².